The summed E-state index contributed by atoms with van der Waals surface area (Å²) in [5, 5.41) is 11.2. The van der Waals surface area contributed by atoms with Gasteiger partial charge in [0, 0.05) is 6.54 Å². The number of thioether (sulfide) groups is 1. The van der Waals surface area contributed by atoms with Gasteiger partial charge in [-0.2, -0.15) is 0 Å². The van der Waals surface area contributed by atoms with Crippen molar-refractivity contribution in [2.45, 2.75) is 30.0 Å². The van der Waals surface area contributed by atoms with E-state index in [1.807, 2.05) is 24.4 Å². The first-order chi connectivity index (χ1) is 9.08. The maximum absolute atomic E-state index is 12.2. The van der Waals surface area contributed by atoms with E-state index >= 15 is 0 Å². The monoisotopic (exact) mass is 299 g/mol. The van der Waals surface area contributed by atoms with Crippen molar-refractivity contribution < 1.29 is 14.7 Å². The Bertz CT molecular complexity index is 447. The van der Waals surface area contributed by atoms with Gasteiger partial charge in [0.2, 0.25) is 5.91 Å². The summed E-state index contributed by atoms with van der Waals surface area (Å²) in [5.41, 5.74) is 0. The number of likely N-dealkylation sites (tertiary alicyclic amines) is 1. The van der Waals surface area contributed by atoms with Gasteiger partial charge in [0.25, 0.3) is 0 Å². The molecule has 6 heteroatoms. The number of hydrogen-bond acceptors (Lipinski definition) is 4. The van der Waals surface area contributed by atoms with Crippen LogP contribution in [-0.2, 0) is 9.59 Å². The van der Waals surface area contributed by atoms with Gasteiger partial charge < -0.3 is 10.0 Å². The molecule has 0 aliphatic carbocycles. The predicted octanol–water partition coefficient (Wildman–Crippen LogP) is 2.55. The smallest absolute Gasteiger partial charge is 0.326 e. The Balaban J connectivity index is 1.94. The average Bonchev–Trinajstić information content (AvgIpc) is 2.88. The number of carbonyl (C=O) groups excluding carboxylic acids is 1. The van der Waals surface area contributed by atoms with Crippen LogP contribution in [0.15, 0.2) is 21.7 Å². The zero-order valence-corrected chi connectivity index (χ0v) is 12.4. The highest BCUT2D eigenvalue weighted by molar-refractivity contribution is 8.01. The topological polar surface area (TPSA) is 57.6 Å². The molecule has 19 heavy (non-hydrogen) atoms. The van der Waals surface area contributed by atoms with Crippen molar-refractivity contribution in [2.75, 3.05) is 12.3 Å². The van der Waals surface area contributed by atoms with E-state index in [4.69, 9.17) is 0 Å². The van der Waals surface area contributed by atoms with E-state index < -0.39 is 12.0 Å². The minimum atomic E-state index is -0.888. The number of carboxylic acids is 1. The molecule has 0 radical (unpaired) electrons. The van der Waals surface area contributed by atoms with Crippen molar-refractivity contribution in [3.8, 4) is 0 Å². The van der Waals surface area contributed by atoms with E-state index in [1.54, 1.807) is 11.3 Å². The van der Waals surface area contributed by atoms with Crippen molar-refractivity contribution in [1.82, 2.24) is 4.90 Å². The Hall–Kier alpha value is -1.01. The minimum Gasteiger partial charge on any atom is -0.480 e. The molecule has 0 aromatic carbocycles. The van der Waals surface area contributed by atoms with Crippen LogP contribution in [0.25, 0.3) is 0 Å². The van der Waals surface area contributed by atoms with E-state index in [1.165, 1.54) is 16.7 Å². The summed E-state index contributed by atoms with van der Waals surface area (Å²) >= 11 is 3.07. The van der Waals surface area contributed by atoms with Crippen molar-refractivity contribution in [3.63, 3.8) is 0 Å². The van der Waals surface area contributed by atoms with E-state index in [-0.39, 0.29) is 5.91 Å². The largest absolute Gasteiger partial charge is 0.480 e. The summed E-state index contributed by atoms with van der Waals surface area (Å²) in [6, 6.07) is 3.26. The lowest BCUT2D eigenvalue weighted by Gasteiger charge is -2.35. The van der Waals surface area contributed by atoms with Gasteiger partial charge in [-0.3, -0.25) is 4.79 Å². The summed E-state index contributed by atoms with van der Waals surface area (Å²) in [6.07, 6.45) is 1.45. The SMILES string of the molecule is CC1CCN(C(=O)CSc2cccs2)C(C(=O)O)C1. The molecular weight excluding hydrogens is 282 g/mol. The van der Waals surface area contributed by atoms with Gasteiger partial charge in [-0.1, -0.05) is 13.0 Å². The minimum absolute atomic E-state index is 0.0716. The Morgan fingerprint density at radius 3 is 3.00 bits per heavy atom. The van der Waals surface area contributed by atoms with Crippen LogP contribution in [0.4, 0.5) is 0 Å². The van der Waals surface area contributed by atoms with Gasteiger partial charge in [-0.15, -0.1) is 23.1 Å². The Morgan fingerprint density at radius 1 is 1.58 bits per heavy atom. The van der Waals surface area contributed by atoms with Crippen LogP contribution in [0.1, 0.15) is 19.8 Å². The van der Waals surface area contributed by atoms with Gasteiger partial charge in [-0.25, -0.2) is 4.79 Å². The molecule has 1 aliphatic rings. The Kier molecular flexibility index (Phi) is 4.87. The number of amides is 1. The van der Waals surface area contributed by atoms with Gasteiger partial charge in [0.05, 0.1) is 9.96 Å². The lowest BCUT2D eigenvalue weighted by atomic mass is 9.92. The molecule has 1 aromatic heterocycles. The van der Waals surface area contributed by atoms with Crippen molar-refractivity contribution in [3.05, 3.63) is 17.5 Å². The van der Waals surface area contributed by atoms with Crippen LogP contribution in [0.2, 0.25) is 0 Å². The third kappa shape index (κ3) is 3.73. The van der Waals surface area contributed by atoms with Crippen LogP contribution in [0, 0.1) is 5.92 Å². The molecule has 0 saturated carbocycles. The Labute approximate surface area is 120 Å². The molecule has 2 unspecified atom stereocenters. The van der Waals surface area contributed by atoms with E-state index in [0.717, 1.165) is 10.6 Å². The van der Waals surface area contributed by atoms with Gasteiger partial charge in [-0.05, 0) is 30.2 Å². The van der Waals surface area contributed by atoms with Crippen molar-refractivity contribution in [1.29, 1.82) is 0 Å². The average molecular weight is 299 g/mol. The standard InChI is InChI=1S/C13H17NO3S2/c1-9-4-5-14(10(7-9)13(16)17)11(15)8-19-12-3-2-6-18-12/h2-3,6,9-10H,4-5,7-8H2,1H3,(H,16,17). The van der Waals surface area contributed by atoms with Crippen LogP contribution in [0.3, 0.4) is 0 Å². The fourth-order valence-electron chi connectivity index (χ4n) is 2.24. The second kappa shape index (κ2) is 6.43. The number of rotatable bonds is 4. The van der Waals surface area contributed by atoms with E-state index in [0.29, 0.717) is 24.6 Å². The summed E-state index contributed by atoms with van der Waals surface area (Å²) in [4.78, 5) is 24.9. The number of thiophene rings is 1. The van der Waals surface area contributed by atoms with Crippen molar-refractivity contribution in [2.24, 2.45) is 5.92 Å². The van der Waals surface area contributed by atoms with E-state index in [9.17, 15) is 14.7 Å². The zero-order chi connectivity index (χ0) is 13.8. The number of hydrogen-bond donors (Lipinski definition) is 1. The fraction of sp³-hybridized carbons (Fsp3) is 0.538. The van der Waals surface area contributed by atoms with Crippen LogP contribution in [-0.4, -0.2) is 40.2 Å². The third-order valence-electron chi connectivity index (χ3n) is 3.30. The lowest BCUT2D eigenvalue weighted by molar-refractivity contribution is -0.151. The summed E-state index contributed by atoms with van der Waals surface area (Å²) in [5.74, 6) is -0.271. The molecule has 2 rings (SSSR count). The molecular formula is C13H17NO3S2. The number of nitrogens with zero attached hydrogens (tertiary/aromatic N) is 1. The highest BCUT2D eigenvalue weighted by Crippen LogP contribution is 2.27. The molecule has 1 aromatic rings. The molecule has 104 valence electrons. The maximum Gasteiger partial charge on any atom is 0.326 e. The van der Waals surface area contributed by atoms with Crippen molar-refractivity contribution >= 4 is 35.0 Å². The second-order valence-electron chi connectivity index (χ2n) is 4.79. The molecule has 0 bridgehead atoms. The molecule has 1 aliphatic heterocycles. The van der Waals surface area contributed by atoms with Crippen LogP contribution in [0.5, 0.6) is 0 Å². The van der Waals surface area contributed by atoms with E-state index in [2.05, 4.69) is 0 Å². The molecule has 1 fully saturated rings. The first-order valence-corrected chi connectivity index (χ1v) is 8.13. The highest BCUT2D eigenvalue weighted by atomic mass is 32.2. The fourth-order valence-corrected chi connectivity index (χ4v) is 3.91. The first kappa shape index (κ1) is 14.4. The molecule has 2 heterocycles. The number of carbonyl (C=O) groups is 2. The normalized spacial score (nSPS) is 23.3. The number of piperidine rings is 1. The third-order valence-corrected chi connectivity index (χ3v) is 5.42. The molecule has 0 spiro atoms. The van der Waals surface area contributed by atoms with Crippen LogP contribution >= 0.6 is 23.1 Å². The second-order valence-corrected chi connectivity index (χ2v) is 7.01. The summed E-state index contributed by atoms with van der Waals surface area (Å²) < 4.78 is 1.09. The quantitative estimate of drug-likeness (QED) is 0.868. The van der Waals surface area contributed by atoms with Gasteiger partial charge in [0.1, 0.15) is 6.04 Å². The zero-order valence-electron chi connectivity index (χ0n) is 10.7. The summed E-state index contributed by atoms with van der Waals surface area (Å²) in [6.45, 7) is 2.60. The highest BCUT2D eigenvalue weighted by Gasteiger charge is 2.34. The molecule has 4 nitrogen and oxygen atoms in total. The van der Waals surface area contributed by atoms with Crippen LogP contribution < -0.4 is 0 Å². The predicted molar refractivity (Wildman–Crippen MR) is 76.6 cm³/mol. The lowest BCUT2D eigenvalue weighted by Crippen LogP contribution is -2.50. The van der Waals surface area contributed by atoms with Gasteiger partial charge in [0.15, 0.2) is 0 Å². The maximum atomic E-state index is 12.2. The molecule has 1 saturated heterocycles. The molecule has 1 amide bonds. The molecule has 1 N–H and O–H groups in total. The summed E-state index contributed by atoms with van der Waals surface area (Å²) in [7, 11) is 0. The van der Waals surface area contributed by atoms with Gasteiger partial charge >= 0.3 is 5.97 Å². The Morgan fingerprint density at radius 2 is 2.37 bits per heavy atom. The molecule has 2 atom stereocenters. The number of aliphatic carboxylic acids is 1. The first-order valence-electron chi connectivity index (χ1n) is 6.26. The number of carboxylic acid groups (broad SMARTS) is 1.